The van der Waals surface area contributed by atoms with Gasteiger partial charge in [-0.05, 0) is 19.7 Å². The Kier molecular flexibility index (Phi) is 5.11. The SMILES string of the molecule is CN(C)C(CC(=O)c1ccccc1)(c1ccccc1)[SH](=O)=O. The molecule has 0 bridgehead atoms. The fourth-order valence-corrected chi connectivity index (χ4v) is 3.47. The minimum Gasteiger partial charge on any atom is -0.294 e. The van der Waals surface area contributed by atoms with Crippen molar-refractivity contribution in [1.82, 2.24) is 4.90 Å². The van der Waals surface area contributed by atoms with Gasteiger partial charge in [0.25, 0.3) is 0 Å². The van der Waals surface area contributed by atoms with Crippen LogP contribution in [0.3, 0.4) is 0 Å². The first-order chi connectivity index (χ1) is 10.5. The fraction of sp³-hybridized carbons (Fsp3) is 0.235. The molecule has 4 nitrogen and oxygen atoms in total. The second kappa shape index (κ2) is 6.85. The maximum absolute atomic E-state index is 12.5. The van der Waals surface area contributed by atoms with Crippen molar-refractivity contribution in [2.75, 3.05) is 14.1 Å². The summed E-state index contributed by atoms with van der Waals surface area (Å²) in [6.07, 6.45) is -0.118. The van der Waals surface area contributed by atoms with Crippen LogP contribution in [0, 0.1) is 0 Å². The summed E-state index contributed by atoms with van der Waals surface area (Å²) in [6.45, 7) is 0. The molecular formula is C17H19NO3S. The van der Waals surface area contributed by atoms with Crippen molar-refractivity contribution >= 4 is 16.5 Å². The van der Waals surface area contributed by atoms with E-state index in [1.807, 2.05) is 12.1 Å². The molecule has 2 rings (SSSR count). The number of hydrogen-bond donors (Lipinski definition) is 1. The number of rotatable bonds is 6. The maximum Gasteiger partial charge on any atom is 0.166 e. The predicted molar refractivity (Wildman–Crippen MR) is 87.5 cm³/mol. The van der Waals surface area contributed by atoms with E-state index in [4.69, 9.17) is 0 Å². The van der Waals surface area contributed by atoms with E-state index >= 15 is 0 Å². The molecule has 0 spiro atoms. The molecule has 0 saturated heterocycles. The summed E-state index contributed by atoms with van der Waals surface area (Å²) in [7, 11) is 0.472. The Labute approximate surface area is 132 Å². The number of nitrogens with zero attached hydrogens (tertiary/aromatic N) is 1. The first-order valence-electron chi connectivity index (χ1n) is 6.94. The van der Waals surface area contributed by atoms with Gasteiger partial charge in [-0.15, -0.1) is 0 Å². The van der Waals surface area contributed by atoms with E-state index < -0.39 is 15.6 Å². The van der Waals surface area contributed by atoms with Crippen molar-refractivity contribution in [3.05, 3.63) is 71.8 Å². The van der Waals surface area contributed by atoms with Crippen LogP contribution in [0.1, 0.15) is 22.3 Å². The Bertz CT molecular complexity index is 703. The molecule has 22 heavy (non-hydrogen) atoms. The molecule has 2 aromatic rings. The van der Waals surface area contributed by atoms with E-state index in [2.05, 4.69) is 0 Å². The molecule has 1 unspecified atom stereocenters. The maximum atomic E-state index is 12.5. The van der Waals surface area contributed by atoms with Gasteiger partial charge in [-0.25, -0.2) is 8.42 Å². The van der Waals surface area contributed by atoms with Crippen molar-refractivity contribution < 1.29 is 13.2 Å². The third-order valence-electron chi connectivity index (χ3n) is 3.78. The molecule has 2 aromatic carbocycles. The van der Waals surface area contributed by atoms with Crippen LogP contribution in [0.5, 0.6) is 0 Å². The smallest absolute Gasteiger partial charge is 0.166 e. The number of ketones is 1. The van der Waals surface area contributed by atoms with E-state index in [0.29, 0.717) is 11.1 Å². The minimum atomic E-state index is -2.88. The lowest BCUT2D eigenvalue weighted by molar-refractivity contribution is 0.0920. The van der Waals surface area contributed by atoms with Crippen LogP contribution in [0.15, 0.2) is 60.7 Å². The van der Waals surface area contributed by atoms with Crippen molar-refractivity contribution in [2.24, 2.45) is 0 Å². The molecule has 1 atom stereocenters. The normalized spacial score (nSPS) is 14.0. The first-order valence-corrected chi connectivity index (χ1v) is 8.12. The lowest BCUT2D eigenvalue weighted by Gasteiger charge is -2.34. The molecule has 0 N–H and O–H groups in total. The second-order valence-electron chi connectivity index (χ2n) is 5.30. The number of carbonyl (C=O) groups is 1. The van der Waals surface area contributed by atoms with Gasteiger partial charge in [0.15, 0.2) is 21.4 Å². The van der Waals surface area contributed by atoms with Gasteiger partial charge in [0.1, 0.15) is 0 Å². The van der Waals surface area contributed by atoms with Crippen LogP contribution in [0.25, 0.3) is 0 Å². The Morgan fingerprint density at radius 1 is 0.955 bits per heavy atom. The van der Waals surface area contributed by atoms with E-state index in [1.165, 1.54) is 0 Å². The van der Waals surface area contributed by atoms with Gasteiger partial charge in [-0.2, -0.15) is 0 Å². The number of benzene rings is 2. The summed E-state index contributed by atoms with van der Waals surface area (Å²) in [4.78, 5) is 12.8. The van der Waals surface area contributed by atoms with Gasteiger partial charge in [-0.1, -0.05) is 60.7 Å². The molecule has 0 aromatic heterocycles. The molecular weight excluding hydrogens is 298 g/mol. The van der Waals surface area contributed by atoms with Crippen molar-refractivity contribution in [3.8, 4) is 0 Å². The van der Waals surface area contributed by atoms with Crippen LogP contribution in [0.2, 0.25) is 0 Å². The largest absolute Gasteiger partial charge is 0.294 e. The molecule has 0 aliphatic rings. The monoisotopic (exact) mass is 317 g/mol. The Balaban J connectivity index is 2.48. The lowest BCUT2D eigenvalue weighted by atomic mass is 9.96. The quantitative estimate of drug-likeness (QED) is 0.656. The van der Waals surface area contributed by atoms with Crippen LogP contribution >= 0.6 is 0 Å². The number of thiol groups is 1. The number of hydrogen-bond acceptors (Lipinski definition) is 4. The van der Waals surface area contributed by atoms with E-state index in [-0.39, 0.29) is 12.2 Å². The molecule has 0 fully saturated rings. The summed E-state index contributed by atoms with van der Waals surface area (Å²) < 4.78 is 24.1. The summed E-state index contributed by atoms with van der Waals surface area (Å²) in [5, 5.41) is 0. The fourth-order valence-electron chi connectivity index (χ4n) is 2.51. The molecule has 0 saturated carbocycles. The zero-order valence-corrected chi connectivity index (χ0v) is 13.5. The van der Waals surface area contributed by atoms with E-state index in [0.717, 1.165) is 0 Å². The molecule has 0 amide bonds. The van der Waals surface area contributed by atoms with Crippen molar-refractivity contribution in [1.29, 1.82) is 0 Å². The Morgan fingerprint density at radius 2 is 1.45 bits per heavy atom. The van der Waals surface area contributed by atoms with Crippen molar-refractivity contribution in [3.63, 3.8) is 0 Å². The first kappa shape index (κ1) is 16.4. The average molecular weight is 317 g/mol. The highest BCUT2D eigenvalue weighted by atomic mass is 32.2. The molecule has 116 valence electrons. The van der Waals surface area contributed by atoms with Crippen LogP contribution in [-0.4, -0.2) is 33.2 Å². The van der Waals surface area contributed by atoms with E-state index in [1.54, 1.807) is 67.5 Å². The lowest BCUT2D eigenvalue weighted by Crippen LogP contribution is -2.44. The standard InChI is InChI=1S/C17H19NO3S/c1-18(2)17(22(20)21,15-11-7-4-8-12-15)13-16(19)14-9-5-3-6-10-14/h3-12,22H,13H2,1-2H3. The number of Topliss-reactive ketones (excluding diaryl/α,β-unsaturated/α-hetero) is 1. The second-order valence-corrected chi connectivity index (χ2v) is 6.55. The highest BCUT2D eigenvalue weighted by Crippen LogP contribution is 2.32. The average Bonchev–Trinajstić information content (AvgIpc) is 2.53. The summed E-state index contributed by atoms with van der Waals surface area (Å²) in [5.41, 5.74) is 1.11. The summed E-state index contributed by atoms with van der Waals surface area (Å²) >= 11 is 0. The summed E-state index contributed by atoms with van der Waals surface area (Å²) in [5.74, 6) is -0.197. The predicted octanol–water partition coefficient (Wildman–Crippen LogP) is 2.29. The zero-order chi connectivity index (χ0) is 16.2. The Hall–Kier alpha value is -1.98. The molecule has 0 aliphatic carbocycles. The van der Waals surface area contributed by atoms with Gasteiger partial charge in [0.2, 0.25) is 0 Å². The number of carbonyl (C=O) groups excluding carboxylic acids is 1. The molecule has 0 radical (unpaired) electrons. The van der Waals surface area contributed by atoms with Crippen molar-refractivity contribution in [2.45, 2.75) is 11.3 Å². The van der Waals surface area contributed by atoms with Crippen LogP contribution < -0.4 is 0 Å². The third-order valence-corrected chi connectivity index (χ3v) is 5.20. The van der Waals surface area contributed by atoms with Gasteiger partial charge in [0.05, 0.1) is 0 Å². The highest BCUT2D eigenvalue weighted by Gasteiger charge is 2.40. The zero-order valence-electron chi connectivity index (χ0n) is 12.6. The minimum absolute atomic E-state index is 0.118. The van der Waals surface area contributed by atoms with Crippen LogP contribution in [0.4, 0.5) is 0 Å². The van der Waals surface area contributed by atoms with Gasteiger partial charge in [-0.3, -0.25) is 9.69 Å². The highest BCUT2D eigenvalue weighted by molar-refractivity contribution is 7.73. The van der Waals surface area contributed by atoms with Gasteiger partial charge >= 0.3 is 0 Å². The Morgan fingerprint density at radius 3 is 1.91 bits per heavy atom. The molecule has 5 heteroatoms. The topological polar surface area (TPSA) is 54.5 Å². The van der Waals surface area contributed by atoms with Crippen LogP contribution in [-0.2, 0) is 15.6 Å². The van der Waals surface area contributed by atoms with E-state index in [9.17, 15) is 13.2 Å². The molecule has 0 aliphatic heterocycles. The van der Waals surface area contributed by atoms with Gasteiger partial charge < -0.3 is 0 Å². The summed E-state index contributed by atoms with van der Waals surface area (Å²) in [6, 6.07) is 17.6. The van der Waals surface area contributed by atoms with Gasteiger partial charge in [0, 0.05) is 12.0 Å². The molecule has 0 heterocycles. The third kappa shape index (κ3) is 3.10.